The van der Waals surface area contributed by atoms with Crippen LogP contribution in [-0.4, -0.2) is 25.5 Å². The second-order valence-electron chi connectivity index (χ2n) is 3.54. The number of amides is 1. The molecule has 5 heteroatoms. The number of ether oxygens (including phenoxy) is 1. The van der Waals surface area contributed by atoms with Crippen molar-refractivity contribution in [2.45, 2.75) is 13.3 Å². The number of nitrogens with one attached hydrogen (secondary N) is 1. The van der Waals surface area contributed by atoms with Crippen molar-refractivity contribution >= 4 is 11.9 Å². The van der Waals surface area contributed by atoms with E-state index in [9.17, 15) is 14.0 Å². The Labute approximate surface area is 98.8 Å². The maximum Gasteiger partial charge on any atom is 0.307 e. The molecular weight excluding hydrogens is 225 g/mol. The van der Waals surface area contributed by atoms with Gasteiger partial charge in [0.2, 0.25) is 0 Å². The zero-order chi connectivity index (χ0) is 12.8. The SMILES string of the molecule is COC(=O)CCNC(=O)c1cc(F)ccc1C. The normalized spacial score (nSPS) is 9.82. The summed E-state index contributed by atoms with van der Waals surface area (Å²) in [5.41, 5.74) is 0.955. The summed E-state index contributed by atoms with van der Waals surface area (Å²) in [6.45, 7) is 1.89. The molecule has 1 rings (SSSR count). The molecule has 0 spiro atoms. The van der Waals surface area contributed by atoms with Gasteiger partial charge in [-0.15, -0.1) is 0 Å². The first-order valence-corrected chi connectivity index (χ1v) is 5.15. The van der Waals surface area contributed by atoms with Crippen LogP contribution in [-0.2, 0) is 9.53 Å². The van der Waals surface area contributed by atoms with Crippen molar-refractivity contribution in [2.75, 3.05) is 13.7 Å². The van der Waals surface area contributed by atoms with Crippen LogP contribution in [0.25, 0.3) is 0 Å². The van der Waals surface area contributed by atoms with E-state index in [4.69, 9.17) is 0 Å². The molecule has 17 heavy (non-hydrogen) atoms. The highest BCUT2D eigenvalue weighted by Crippen LogP contribution is 2.09. The number of hydrogen-bond acceptors (Lipinski definition) is 3. The Morgan fingerprint density at radius 1 is 1.41 bits per heavy atom. The molecule has 0 heterocycles. The van der Waals surface area contributed by atoms with Crippen LogP contribution in [0.1, 0.15) is 22.3 Å². The largest absolute Gasteiger partial charge is 0.469 e. The molecule has 0 unspecified atom stereocenters. The standard InChI is InChI=1S/C12H14FNO3/c1-8-3-4-9(13)7-10(8)12(16)14-6-5-11(15)17-2/h3-4,7H,5-6H2,1-2H3,(H,14,16). The fourth-order valence-electron chi connectivity index (χ4n) is 1.31. The number of benzene rings is 1. The van der Waals surface area contributed by atoms with Crippen molar-refractivity contribution in [1.82, 2.24) is 5.32 Å². The van der Waals surface area contributed by atoms with E-state index < -0.39 is 17.7 Å². The number of hydrogen-bond donors (Lipinski definition) is 1. The lowest BCUT2D eigenvalue weighted by molar-refractivity contribution is -0.140. The Bertz CT molecular complexity index is 432. The summed E-state index contributed by atoms with van der Waals surface area (Å²) in [5.74, 6) is -1.26. The first kappa shape index (κ1) is 13.2. The van der Waals surface area contributed by atoms with E-state index in [2.05, 4.69) is 10.1 Å². The average Bonchev–Trinajstić information content (AvgIpc) is 2.31. The number of carbonyl (C=O) groups excluding carboxylic acids is 2. The molecule has 0 radical (unpaired) electrons. The Morgan fingerprint density at radius 3 is 2.76 bits per heavy atom. The van der Waals surface area contributed by atoms with Gasteiger partial charge in [0.1, 0.15) is 5.82 Å². The van der Waals surface area contributed by atoms with Gasteiger partial charge in [-0.3, -0.25) is 9.59 Å². The Kier molecular flexibility index (Phi) is 4.63. The molecule has 0 saturated carbocycles. The third-order valence-corrected chi connectivity index (χ3v) is 2.29. The topological polar surface area (TPSA) is 55.4 Å². The monoisotopic (exact) mass is 239 g/mol. The second-order valence-corrected chi connectivity index (χ2v) is 3.54. The minimum atomic E-state index is -0.464. The third-order valence-electron chi connectivity index (χ3n) is 2.29. The first-order chi connectivity index (χ1) is 8.04. The summed E-state index contributed by atoms with van der Waals surface area (Å²) in [7, 11) is 1.28. The summed E-state index contributed by atoms with van der Waals surface area (Å²) >= 11 is 0. The van der Waals surface area contributed by atoms with Gasteiger partial charge in [0.15, 0.2) is 0 Å². The van der Waals surface area contributed by atoms with Crippen LogP contribution in [0.5, 0.6) is 0 Å². The third kappa shape index (κ3) is 3.86. The summed E-state index contributed by atoms with van der Waals surface area (Å²) in [5, 5.41) is 2.53. The van der Waals surface area contributed by atoms with E-state index in [0.29, 0.717) is 5.56 Å². The number of halogens is 1. The number of esters is 1. The van der Waals surface area contributed by atoms with Gasteiger partial charge in [-0.05, 0) is 24.6 Å². The van der Waals surface area contributed by atoms with Gasteiger partial charge in [0, 0.05) is 12.1 Å². The molecule has 0 fully saturated rings. The van der Waals surface area contributed by atoms with E-state index >= 15 is 0 Å². The molecule has 0 aliphatic rings. The van der Waals surface area contributed by atoms with Gasteiger partial charge in [-0.2, -0.15) is 0 Å². The second kappa shape index (κ2) is 5.98. The van der Waals surface area contributed by atoms with Crippen molar-refractivity contribution in [3.05, 3.63) is 35.1 Å². The summed E-state index contributed by atoms with van der Waals surface area (Å²) in [4.78, 5) is 22.5. The van der Waals surface area contributed by atoms with Gasteiger partial charge in [0.25, 0.3) is 5.91 Å². The van der Waals surface area contributed by atoms with Gasteiger partial charge >= 0.3 is 5.97 Å². The van der Waals surface area contributed by atoms with Gasteiger partial charge in [-0.25, -0.2) is 4.39 Å². The van der Waals surface area contributed by atoms with E-state index in [-0.39, 0.29) is 18.5 Å². The Balaban J connectivity index is 2.58. The maximum atomic E-state index is 13.0. The molecule has 1 aromatic carbocycles. The predicted molar refractivity (Wildman–Crippen MR) is 60.1 cm³/mol. The fraction of sp³-hybridized carbons (Fsp3) is 0.333. The van der Waals surface area contributed by atoms with Gasteiger partial charge in [-0.1, -0.05) is 6.07 Å². The quantitative estimate of drug-likeness (QED) is 0.808. The van der Waals surface area contributed by atoms with Crippen molar-refractivity contribution in [2.24, 2.45) is 0 Å². The van der Waals surface area contributed by atoms with Crippen molar-refractivity contribution in [1.29, 1.82) is 0 Å². The molecule has 0 bridgehead atoms. The van der Waals surface area contributed by atoms with Gasteiger partial charge < -0.3 is 10.1 Å². The summed E-state index contributed by atoms with van der Waals surface area (Å²) in [6.07, 6.45) is 0.0939. The lowest BCUT2D eigenvalue weighted by atomic mass is 10.1. The fourth-order valence-corrected chi connectivity index (χ4v) is 1.31. The zero-order valence-corrected chi connectivity index (χ0v) is 9.75. The highest BCUT2D eigenvalue weighted by Gasteiger charge is 2.10. The predicted octanol–water partition coefficient (Wildman–Crippen LogP) is 1.43. The van der Waals surface area contributed by atoms with E-state index in [1.165, 1.54) is 25.3 Å². The molecule has 1 N–H and O–H groups in total. The lowest BCUT2D eigenvalue weighted by Gasteiger charge is -2.07. The van der Waals surface area contributed by atoms with Crippen LogP contribution in [0, 0.1) is 12.7 Å². The highest BCUT2D eigenvalue weighted by atomic mass is 19.1. The number of aryl methyl sites for hydroxylation is 1. The molecule has 0 atom stereocenters. The number of rotatable bonds is 4. The summed E-state index contributed by atoms with van der Waals surface area (Å²) < 4.78 is 17.4. The van der Waals surface area contributed by atoms with E-state index in [0.717, 1.165) is 0 Å². The van der Waals surface area contributed by atoms with Crippen LogP contribution >= 0.6 is 0 Å². The minimum absolute atomic E-state index is 0.0939. The smallest absolute Gasteiger partial charge is 0.307 e. The van der Waals surface area contributed by atoms with Crippen LogP contribution in [0.2, 0.25) is 0 Å². The molecule has 1 amide bonds. The number of methoxy groups -OCH3 is 1. The molecular formula is C12H14FNO3. The Hall–Kier alpha value is -1.91. The average molecular weight is 239 g/mol. The van der Waals surface area contributed by atoms with Crippen LogP contribution in [0.4, 0.5) is 4.39 Å². The minimum Gasteiger partial charge on any atom is -0.469 e. The molecule has 0 aromatic heterocycles. The Morgan fingerprint density at radius 2 is 2.12 bits per heavy atom. The van der Waals surface area contributed by atoms with Crippen LogP contribution in [0.15, 0.2) is 18.2 Å². The molecule has 0 aliphatic carbocycles. The van der Waals surface area contributed by atoms with Gasteiger partial charge in [0.05, 0.1) is 13.5 Å². The molecule has 92 valence electrons. The first-order valence-electron chi connectivity index (χ1n) is 5.15. The molecule has 1 aromatic rings. The lowest BCUT2D eigenvalue weighted by Crippen LogP contribution is -2.27. The van der Waals surface area contributed by atoms with E-state index in [1.807, 2.05) is 0 Å². The van der Waals surface area contributed by atoms with E-state index in [1.54, 1.807) is 6.92 Å². The van der Waals surface area contributed by atoms with Crippen molar-refractivity contribution < 1.29 is 18.7 Å². The molecule has 4 nitrogen and oxygen atoms in total. The van der Waals surface area contributed by atoms with Crippen molar-refractivity contribution in [3.63, 3.8) is 0 Å². The number of carbonyl (C=O) groups is 2. The zero-order valence-electron chi connectivity index (χ0n) is 9.75. The van der Waals surface area contributed by atoms with Crippen molar-refractivity contribution in [3.8, 4) is 0 Å². The highest BCUT2D eigenvalue weighted by molar-refractivity contribution is 5.95. The van der Waals surface area contributed by atoms with Crippen LogP contribution < -0.4 is 5.32 Å². The molecule has 0 aliphatic heterocycles. The summed E-state index contributed by atoms with van der Waals surface area (Å²) in [6, 6.07) is 3.99. The maximum absolute atomic E-state index is 13.0. The van der Waals surface area contributed by atoms with Crippen LogP contribution in [0.3, 0.4) is 0 Å². The molecule has 0 saturated heterocycles.